The number of hydrogen-bond donors (Lipinski definition) is 0. The van der Waals surface area contributed by atoms with Crippen LogP contribution in [0, 0.1) is 36.2 Å². The van der Waals surface area contributed by atoms with Gasteiger partial charge >= 0.3 is 0 Å². The van der Waals surface area contributed by atoms with Crippen molar-refractivity contribution in [2.45, 2.75) is 46.4 Å². The van der Waals surface area contributed by atoms with Crippen molar-refractivity contribution in [2.75, 3.05) is 0 Å². The second-order valence-electron chi connectivity index (χ2n) is 16.0. The summed E-state index contributed by atoms with van der Waals surface area (Å²) in [6.07, 6.45) is 1.74. The van der Waals surface area contributed by atoms with Crippen molar-refractivity contribution >= 4 is 33.0 Å². The molecule has 311 valence electrons. The molecular formula is C56H43FIrN4O-2. The van der Waals surface area contributed by atoms with E-state index in [2.05, 4.69) is 116 Å². The Balaban J connectivity index is 0.000000318. The molecule has 5 nitrogen and oxygen atoms in total. The number of aryl methyl sites for hydroxylation is 1. The van der Waals surface area contributed by atoms with Gasteiger partial charge in [0.05, 0.1) is 28.0 Å². The van der Waals surface area contributed by atoms with E-state index in [-0.39, 0.29) is 50.0 Å². The van der Waals surface area contributed by atoms with E-state index in [0.717, 1.165) is 50.1 Å². The fourth-order valence-corrected chi connectivity index (χ4v) is 8.05. The van der Waals surface area contributed by atoms with E-state index in [4.69, 9.17) is 10.8 Å². The maximum Gasteiger partial charge on any atom is 0.182 e. The van der Waals surface area contributed by atoms with E-state index in [1.807, 2.05) is 78.9 Å². The number of para-hydroxylation sites is 2. The Bertz CT molecular complexity index is 3250. The van der Waals surface area contributed by atoms with Crippen molar-refractivity contribution < 1.29 is 30.3 Å². The minimum atomic E-state index is -0.660. The van der Waals surface area contributed by atoms with Crippen LogP contribution in [0.2, 0.25) is 0 Å². The van der Waals surface area contributed by atoms with Gasteiger partial charge in [0.25, 0.3) is 0 Å². The molecule has 0 saturated carbocycles. The first-order valence-electron chi connectivity index (χ1n) is 21.4. The van der Waals surface area contributed by atoms with E-state index in [1.54, 1.807) is 12.3 Å². The van der Waals surface area contributed by atoms with Crippen molar-refractivity contribution in [1.29, 1.82) is 5.26 Å². The average Bonchev–Trinajstić information content (AvgIpc) is 3.91. The Morgan fingerprint density at radius 3 is 2.02 bits per heavy atom. The summed E-state index contributed by atoms with van der Waals surface area (Å²) in [6.45, 7) is 9.19. The molecule has 0 bridgehead atoms. The summed E-state index contributed by atoms with van der Waals surface area (Å²) in [5.41, 5.74) is 13.9. The number of pyridine rings is 1. The van der Waals surface area contributed by atoms with Crippen LogP contribution in [-0.2, 0) is 20.1 Å². The van der Waals surface area contributed by atoms with Crippen LogP contribution in [0.1, 0.15) is 63.2 Å². The maximum atomic E-state index is 15.4. The Morgan fingerprint density at radius 1 is 0.698 bits per heavy atom. The third-order valence-electron chi connectivity index (χ3n) is 11.2. The quantitative estimate of drug-likeness (QED) is 0.149. The summed E-state index contributed by atoms with van der Waals surface area (Å²) in [5, 5.41) is 10.8. The molecule has 0 unspecified atom stereocenters. The van der Waals surface area contributed by atoms with Gasteiger partial charge in [-0.1, -0.05) is 124 Å². The average molecular weight is 1000 g/mol. The number of nitrogens with zero attached hydrogens (tertiary/aromatic N) is 4. The Hall–Kier alpha value is -6.97. The fourth-order valence-electron chi connectivity index (χ4n) is 8.05. The molecule has 0 spiro atoms. The number of aromatic nitrogens is 3. The van der Waals surface area contributed by atoms with Crippen LogP contribution < -0.4 is 0 Å². The molecule has 10 rings (SSSR count). The third-order valence-corrected chi connectivity index (χ3v) is 11.2. The van der Waals surface area contributed by atoms with Crippen LogP contribution in [0.15, 0.2) is 162 Å². The van der Waals surface area contributed by atoms with E-state index in [1.165, 1.54) is 28.3 Å². The van der Waals surface area contributed by atoms with Crippen molar-refractivity contribution in [3.05, 3.63) is 198 Å². The standard InChI is InChI=1S/C44H33FN3O.C12H10N.Ir/c1-26(2)36-23-32(30-19-17-29(18-20-30)28-11-6-5-7-12-28)24-37(27(3)4)41(36)48-39-16-9-8-15-38(39)47-44(48)35-14-10-13-33-34-22-21-31(25-46)40(45)43(34)49-42(33)35;1-10-7-8-12(13-9-10)11-5-3-2-4-6-11;/h5-13,15-24,26-27H,1-4H3;2-5,7-9H,1H3;/q2*-1;/i;1D;. The van der Waals surface area contributed by atoms with Crippen molar-refractivity contribution in [3.8, 4) is 56.7 Å². The summed E-state index contributed by atoms with van der Waals surface area (Å²) in [6, 6.07) is 59.0. The topological polar surface area (TPSA) is 67.6 Å². The zero-order valence-electron chi connectivity index (χ0n) is 36.3. The number of halogens is 1. The molecule has 0 N–H and O–H groups in total. The molecule has 7 heteroatoms. The van der Waals surface area contributed by atoms with Crippen LogP contribution in [0.5, 0.6) is 0 Å². The normalized spacial score (nSPS) is 11.4. The molecule has 10 aromatic rings. The fraction of sp³-hybridized carbons (Fsp3) is 0.125. The predicted molar refractivity (Wildman–Crippen MR) is 250 cm³/mol. The molecular weight excluding hydrogens is 956 g/mol. The van der Waals surface area contributed by atoms with E-state index in [9.17, 15) is 5.26 Å². The Kier molecular flexibility index (Phi) is 11.9. The number of nitriles is 1. The van der Waals surface area contributed by atoms with Crippen molar-refractivity contribution in [3.63, 3.8) is 0 Å². The molecule has 3 heterocycles. The molecule has 0 aliphatic carbocycles. The van der Waals surface area contributed by atoms with E-state index < -0.39 is 5.82 Å². The zero-order chi connectivity index (χ0) is 43.6. The first-order valence-corrected chi connectivity index (χ1v) is 20.7. The van der Waals surface area contributed by atoms with Gasteiger partial charge in [0.2, 0.25) is 0 Å². The maximum absolute atomic E-state index is 15.4. The molecule has 63 heavy (non-hydrogen) atoms. The number of rotatable bonds is 7. The molecule has 7 aromatic carbocycles. The molecule has 3 aromatic heterocycles. The third kappa shape index (κ3) is 8.24. The number of fused-ring (bicyclic) bond motifs is 4. The second kappa shape index (κ2) is 18.2. The predicted octanol–water partition coefficient (Wildman–Crippen LogP) is 14.8. The SMILES string of the molecule is CC(C)c1cc(-c2ccc(-c3ccccc3)cc2)cc(C(C)C)c1-n1c(-c2[c-]ccc3c2oc2c(F)c(C#N)ccc23)nc2ccccc21.[2H]Cc1ccc(-c2[c-]cccc2)nc1.[Ir]. The number of imidazole rings is 1. The minimum absolute atomic E-state index is 0. The second-order valence-corrected chi connectivity index (χ2v) is 16.0. The monoisotopic (exact) mass is 1000 g/mol. The minimum Gasteiger partial charge on any atom is -0.497 e. The zero-order valence-corrected chi connectivity index (χ0v) is 37.7. The summed E-state index contributed by atoms with van der Waals surface area (Å²) in [7, 11) is 0. The van der Waals surface area contributed by atoms with Gasteiger partial charge in [-0.05, 0) is 93.7 Å². The number of benzene rings is 7. The first-order chi connectivity index (χ1) is 30.7. The van der Waals surface area contributed by atoms with Gasteiger partial charge in [0.1, 0.15) is 6.07 Å². The van der Waals surface area contributed by atoms with Crippen LogP contribution in [0.4, 0.5) is 4.39 Å². The molecule has 0 fully saturated rings. The van der Waals surface area contributed by atoms with Gasteiger partial charge in [-0.25, -0.2) is 4.39 Å². The Morgan fingerprint density at radius 2 is 1.37 bits per heavy atom. The van der Waals surface area contributed by atoms with Gasteiger partial charge in [0.15, 0.2) is 11.4 Å². The van der Waals surface area contributed by atoms with E-state index in [0.29, 0.717) is 22.4 Å². The Labute approximate surface area is 382 Å². The smallest absolute Gasteiger partial charge is 0.182 e. The van der Waals surface area contributed by atoms with Crippen LogP contribution in [0.3, 0.4) is 0 Å². The van der Waals surface area contributed by atoms with Crippen molar-refractivity contribution in [1.82, 2.24) is 14.5 Å². The number of hydrogen-bond acceptors (Lipinski definition) is 4. The largest absolute Gasteiger partial charge is 0.497 e. The molecule has 0 aliphatic heterocycles. The van der Waals surface area contributed by atoms with Gasteiger partial charge in [-0.15, -0.1) is 54.1 Å². The van der Waals surface area contributed by atoms with Crippen LogP contribution in [0.25, 0.3) is 83.6 Å². The van der Waals surface area contributed by atoms with Gasteiger partial charge in [0, 0.05) is 38.7 Å². The van der Waals surface area contributed by atoms with Crippen LogP contribution >= 0.6 is 0 Å². The molecule has 1 radical (unpaired) electrons. The van der Waals surface area contributed by atoms with Gasteiger partial charge in [-0.2, -0.15) is 5.26 Å². The number of furan rings is 1. The molecule has 0 atom stereocenters. The molecule has 0 saturated heterocycles. The summed E-state index contributed by atoms with van der Waals surface area (Å²) < 4.78 is 31.0. The summed E-state index contributed by atoms with van der Waals surface area (Å²) >= 11 is 0. The summed E-state index contributed by atoms with van der Waals surface area (Å²) in [5.74, 6) is 0.381. The van der Waals surface area contributed by atoms with Gasteiger partial charge < -0.3 is 14.0 Å². The summed E-state index contributed by atoms with van der Waals surface area (Å²) in [4.78, 5) is 9.45. The first kappa shape index (κ1) is 41.4. The van der Waals surface area contributed by atoms with Crippen LogP contribution in [-0.4, -0.2) is 14.5 Å². The molecule has 0 amide bonds. The van der Waals surface area contributed by atoms with Gasteiger partial charge in [-0.3, -0.25) is 4.98 Å². The van der Waals surface area contributed by atoms with E-state index >= 15 is 4.39 Å². The molecule has 0 aliphatic rings. The van der Waals surface area contributed by atoms with Crippen molar-refractivity contribution in [2.24, 2.45) is 0 Å².